The molecule has 2 atom stereocenters. The summed E-state index contributed by atoms with van der Waals surface area (Å²) in [6, 6.07) is 9.69. The van der Waals surface area contributed by atoms with E-state index >= 15 is 0 Å². The van der Waals surface area contributed by atoms with Gasteiger partial charge in [0, 0.05) is 12.6 Å². The maximum absolute atomic E-state index is 11.8. The molecule has 4 heteroatoms. The summed E-state index contributed by atoms with van der Waals surface area (Å²) in [4.78, 5) is 13.9. The first kappa shape index (κ1) is 15.7. The molecule has 4 nitrogen and oxygen atoms in total. The van der Waals surface area contributed by atoms with Gasteiger partial charge in [-0.1, -0.05) is 37.3 Å². The zero-order chi connectivity index (χ0) is 14.5. The zero-order valence-corrected chi connectivity index (χ0v) is 12.2. The summed E-state index contributed by atoms with van der Waals surface area (Å²) in [5.41, 5.74) is -0.292. The molecule has 0 heterocycles. The van der Waals surface area contributed by atoms with Crippen molar-refractivity contribution in [2.45, 2.75) is 31.8 Å². The number of likely N-dealkylation sites (N-methyl/N-ethyl adjacent to an activating group) is 2. The second-order valence-corrected chi connectivity index (χ2v) is 5.00. The summed E-state index contributed by atoms with van der Waals surface area (Å²) >= 11 is 0. The van der Waals surface area contributed by atoms with Gasteiger partial charge in [0.2, 0.25) is 0 Å². The molecule has 0 fully saturated rings. The summed E-state index contributed by atoms with van der Waals surface area (Å²) in [6.45, 7) is 4.64. The second-order valence-electron chi connectivity index (χ2n) is 5.00. The predicted molar refractivity (Wildman–Crippen MR) is 77.2 cm³/mol. The molecule has 0 spiro atoms. The summed E-state index contributed by atoms with van der Waals surface area (Å²) < 4.78 is 0. The minimum atomic E-state index is -1.07. The number of hydrogen-bond donors (Lipinski definition) is 2. The Labute approximate surface area is 115 Å². The Morgan fingerprint density at radius 2 is 2.00 bits per heavy atom. The van der Waals surface area contributed by atoms with E-state index in [0.29, 0.717) is 12.6 Å². The van der Waals surface area contributed by atoms with Crippen molar-refractivity contribution in [3.63, 3.8) is 0 Å². The Hall–Kier alpha value is -1.39. The summed E-state index contributed by atoms with van der Waals surface area (Å²) in [7, 11) is 3.66. The minimum Gasteiger partial charge on any atom is -0.480 e. The quantitative estimate of drug-likeness (QED) is 0.790. The number of nitrogens with one attached hydrogen (secondary N) is 1. The van der Waals surface area contributed by atoms with Crippen LogP contribution in [0.15, 0.2) is 30.3 Å². The maximum atomic E-state index is 11.8. The van der Waals surface area contributed by atoms with Gasteiger partial charge in [0.05, 0.1) is 0 Å². The fourth-order valence-electron chi connectivity index (χ4n) is 2.18. The van der Waals surface area contributed by atoms with E-state index in [9.17, 15) is 9.90 Å². The highest BCUT2D eigenvalue weighted by Crippen LogP contribution is 2.23. The number of carboxylic acid groups (broad SMARTS) is 1. The lowest BCUT2D eigenvalue weighted by Crippen LogP contribution is -2.55. The van der Waals surface area contributed by atoms with Crippen molar-refractivity contribution >= 4 is 5.97 Å². The molecule has 2 N–H and O–H groups in total. The number of hydrogen-bond acceptors (Lipinski definition) is 3. The summed E-state index contributed by atoms with van der Waals surface area (Å²) in [5.74, 6) is -0.851. The average Bonchev–Trinajstić information content (AvgIpc) is 2.44. The lowest BCUT2D eigenvalue weighted by molar-refractivity contribution is -0.146. The lowest BCUT2D eigenvalue weighted by Gasteiger charge is -2.36. The van der Waals surface area contributed by atoms with Gasteiger partial charge in [-0.05, 0) is 33.0 Å². The predicted octanol–water partition coefficient (Wildman–Crippen LogP) is 1.92. The van der Waals surface area contributed by atoms with Crippen LogP contribution < -0.4 is 5.32 Å². The highest BCUT2D eigenvalue weighted by molar-refractivity contribution is 5.81. The van der Waals surface area contributed by atoms with Crippen molar-refractivity contribution in [1.29, 1.82) is 0 Å². The van der Waals surface area contributed by atoms with Crippen LogP contribution in [-0.4, -0.2) is 42.7 Å². The molecule has 0 aliphatic heterocycles. The van der Waals surface area contributed by atoms with Gasteiger partial charge in [-0.25, -0.2) is 4.79 Å². The number of rotatable bonds is 7. The van der Waals surface area contributed by atoms with Crippen molar-refractivity contribution in [1.82, 2.24) is 10.2 Å². The first-order chi connectivity index (χ1) is 8.97. The third-order valence-corrected chi connectivity index (χ3v) is 3.89. The van der Waals surface area contributed by atoms with E-state index in [2.05, 4.69) is 24.1 Å². The second kappa shape index (κ2) is 6.68. The maximum Gasteiger partial charge on any atom is 0.329 e. The average molecular weight is 264 g/mol. The number of nitrogens with zero attached hydrogens (tertiary/aromatic N) is 1. The Kier molecular flexibility index (Phi) is 5.51. The number of benzene rings is 1. The molecule has 0 aliphatic carbocycles. The molecule has 0 aliphatic rings. The topological polar surface area (TPSA) is 52.6 Å². The molecule has 1 aromatic carbocycles. The van der Waals surface area contributed by atoms with Crippen LogP contribution in [0.4, 0.5) is 0 Å². The Balaban J connectivity index is 3.11. The molecule has 0 saturated carbocycles. The molecule has 0 amide bonds. The fourth-order valence-corrected chi connectivity index (χ4v) is 2.18. The molecule has 0 saturated heterocycles. The molecule has 1 aromatic rings. The SMILES string of the molecule is CCC(C)N(C)CC(NC)(C(=O)O)c1ccccc1. The number of aliphatic carboxylic acids is 1. The smallest absolute Gasteiger partial charge is 0.329 e. The van der Waals surface area contributed by atoms with Crippen LogP contribution in [0.25, 0.3) is 0 Å². The van der Waals surface area contributed by atoms with Gasteiger partial charge in [-0.15, -0.1) is 0 Å². The Morgan fingerprint density at radius 1 is 1.42 bits per heavy atom. The van der Waals surface area contributed by atoms with Gasteiger partial charge >= 0.3 is 5.97 Å². The van der Waals surface area contributed by atoms with Crippen LogP contribution >= 0.6 is 0 Å². The monoisotopic (exact) mass is 264 g/mol. The van der Waals surface area contributed by atoms with E-state index in [1.54, 1.807) is 7.05 Å². The van der Waals surface area contributed by atoms with Crippen molar-refractivity contribution in [3.05, 3.63) is 35.9 Å². The van der Waals surface area contributed by atoms with Crippen molar-refractivity contribution < 1.29 is 9.90 Å². The molecule has 1 rings (SSSR count). The van der Waals surface area contributed by atoms with Gasteiger partial charge in [-0.3, -0.25) is 0 Å². The largest absolute Gasteiger partial charge is 0.480 e. The van der Waals surface area contributed by atoms with E-state index in [-0.39, 0.29) is 0 Å². The fraction of sp³-hybridized carbons (Fsp3) is 0.533. The molecule has 0 radical (unpaired) electrons. The van der Waals surface area contributed by atoms with Gasteiger partial charge in [0.25, 0.3) is 0 Å². The van der Waals surface area contributed by atoms with E-state index < -0.39 is 11.5 Å². The molecule has 19 heavy (non-hydrogen) atoms. The van der Waals surface area contributed by atoms with Crippen LogP contribution in [0.5, 0.6) is 0 Å². The van der Waals surface area contributed by atoms with Gasteiger partial charge in [0.15, 0.2) is 5.54 Å². The number of carboxylic acids is 1. The number of carbonyl (C=O) groups is 1. The Bertz CT molecular complexity index is 408. The van der Waals surface area contributed by atoms with Crippen molar-refractivity contribution in [2.75, 3.05) is 20.6 Å². The van der Waals surface area contributed by atoms with Crippen LogP contribution in [0, 0.1) is 0 Å². The van der Waals surface area contributed by atoms with Crippen molar-refractivity contribution in [2.24, 2.45) is 0 Å². The third kappa shape index (κ3) is 3.33. The molecule has 0 bridgehead atoms. The van der Waals surface area contributed by atoms with E-state index in [4.69, 9.17) is 0 Å². The Morgan fingerprint density at radius 3 is 2.42 bits per heavy atom. The summed E-state index contributed by atoms with van der Waals surface area (Å²) in [6.07, 6.45) is 0.991. The standard InChI is InChI=1S/C15H24N2O2/c1-5-12(2)17(4)11-15(16-3,14(18)19)13-9-7-6-8-10-13/h6-10,12,16H,5,11H2,1-4H3,(H,18,19). The van der Waals surface area contributed by atoms with Gasteiger partial charge in [0.1, 0.15) is 0 Å². The third-order valence-electron chi connectivity index (χ3n) is 3.89. The lowest BCUT2D eigenvalue weighted by atomic mass is 9.89. The highest BCUT2D eigenvalue weighted by atomic mass is 16.4. The van der Waals surface area contributed by atoms with Crippen LogP contribution in [0.1, 0.15) is 25.8 Å². The van der Waals surface area contributed by atoms with Crippen LogP contribution in [0.3, 0.4) is 0 Å². The van der Waals surface area contributed by atoms with E-state index in [1.807, 2.05) is 37.4 Å². The molecule has 0 aromatic heterocycles. The van der Waals surface area contributed by atoms with E-state index in [1.165, 1.54) is 0 Å². The first-order valence-corrected chi connectivity index (χ1v) is 6.66. The first-order valence-electron chi connectivity index (χ1n) is 6.66. The highest BCUT2D eigenvalue weighted by Gasteiger charge is 2.40. The van der Waals surface area contributed by atoms with E-state index in [0.717, 1.165) is 12.0 Å². The molecular weight excluding hydrogens is 240 g/mol. The molecular formula is C15H24N2O2. The van der Waals surface area contributed by atoms with Crippen LogP contribution in [-0.2, 0) is 10.3 Å². The minimum absolute atomic E-state index is 0.343. The summed E-state index contributed by atoms with van der Waals surface area (Å²) in [5, 5.41) is 12.7. The zero-order valence-electron chi connectivity index (χ0n) is 12.2. The van der Waals surface area contributed by atoms with Crippen LogP contribution in [0.2, 0.25) is 0 Å². The van der Waals surface area contributed by atoms with Gasteiger partial charge < -0.3 is 15.3 Å². The molecule has 2 unspecified atom stereocenters. The van der Waals surface area contributed by atoms with Gasteiger partial charge in [-0.2, -0.15) is 0 Å². The normalized spacial score (nSPS) is 16.1. The van der Waals surface area contributed by atoms with Crippen molar-refractivity contribution in [3.8, 4) is 0 Å². The molecule has 106 valence electrons.